The Morgan fingerprint density at radius 3 is 2.89 bits per heavy atom. The summed E-state index contributed by atoms with van der Waals surface area (Å²) in [6.07, 6.45) is 2.27. The molecule has 2 rings (SSSR count). The number of anilines is 1. The number of nitrogens with one attached hydrogen (secondary N) is 1. The van der Waals surface area contributed by atoms with Gasteiger partial charge in [-0.3, -0.25) is 4.79 Å². The number of piperidine rings is 1. The van der Waals surface area contributed by atoms with Crippen molar-refractivity contribution in [3.63, 3.8) is 0 Å². The molecule has 3 N–H and O–H groups in total. The third kappa shape index (κ3) is 3.15. The van der Waals surface area contributed by atoms with Crippen molar-refractivity contribution in [3.05, 3.63) is 22.2 Å². The third-order valence-electron chi connectivity index (χ3n) is 3.90. The number of nitrogens with zero attached hydrogens (tertiary/aromatic N) is 2. The van der Waals surface area contributed by atoms with Crippen LogP contribution >= 0.6 is 0 Å². The first-order valence-corrected chi connectivity index (χ1v) is 7.09. The SMILES string of the molecule is CC(C)c1nc(N2CC(CN)CCC2C)cc(=O)[nH]1. The first-order valence-electron chi connectivity index (χ1n) is 7.09. The molecule has 5 heteroatoms. The number of hydrogen-bond acceptors (Lipinski definition) is 4. The van der Waals surface area contributed by atoms with Gasteiger partial charge in [-0.05, 0) is 32.2 Å². The minimum absolute atomic E-state index is 0.0734. The number of hydrogen-bond donors (Lipinski definition) is 2. The third-order valence-corrected chi connectivity index (χ3v) is 3.90. The molecule has 0 spiro atoms. The monoisotopic (exact) mass is 264 g/mol. The van der Waals surface area contributed by atoms with Crippen LogP contribution in [0.2, 0.25) is 0 Å². The second-order valence-corrected chi connectivity index (χ2v) is 5.82. The number of aromatic nitrogens is 2. The van der Waals surface area contributed by atoms with E-state index in [1.54, 1.807) is 6.07 Å². The summed E-state index contributed by atoms with van der Waals surface area (Å²) < 4.78 is 0. The second-order valence-electron chi connectivity index (χ2n) is 5.82. The molecule has 1 aromatic rings. The molecule has 0 amide bonds. The number of H-pyrrole nitrogens is 1. The van der Waals surface area contributed by atoms with Gasteiger partial charge in [0.2, 0.25) is 0 Å². The van der Waals surface area contributed by atoms with Crippen molar-refractivity contribution >= 4 is 5.82 Å². The lowest BCUT2D eigenvalue weighted by Crippen LogP contribution is -2.44. The average molecular weight is 264 g/mol. The number of rotatable bonds is 3. The Balaban J connectivity index is 2.31. The molecule has 2 heterocycles. The zero-order valence-corrected chi connectivity index (χ0v) is 12.0. The van der Waals surface area contributed by atoms with Crippen LogP contribution in [0.4, 0.5) is 5.82 Å². The van der Waals surface area contributed by atoms with E-state index < -0.39 is 0 Å². The van der Waals surface area contributed by atoms with Crippen LogP contribution in [-0.4, -0.2) is 29.1 Å². The molecule has 0 radical (unpaired) electrons. The van der Waals surface area contributed by atoms with Gasteiger partial charge in [-0.1, -0.05) is 13.8 Å². The standard InChI is InChI=1S/C14H24N4O/c1-9(2)14-16-12(6-13(19)17-14)18-8-11(7-15)5-4-10(18)3/h6,9-11H,4-5,7-8,15H2,1-3H3,(H,16,17,19). The number of aromatic amines is 1. The van der Waals surface area contributed by atoms with Crippen LogP contribution in [0, 0.1) is 5.92 Å². The molecular weight excluding hydrogens is 240 g/mol. The highest BCUT2D eigenvalue weighted by atomic mass is 16.1. The molecule has 0 saturated carbocycles. The van der Waals surface area contributed by atoms with Crippen LogP contribution in [-0.2, 0) is 0 Å². The molecule has 0 aliphatic carbocycles. The fourth-order valence-corrected chi connectivity index (χ4v) is 2.58. The Hall–Kier alpha value is -1.36. The maximum Gasteiger partial charge on any atom is 0.252 e. The van der Waals surface area contributed by atoms with E-state index in [-0.39, 0.29) is 11.5 Å². The molecule has 5 nitrogen and oxygen atoms in total. The average Bonchev–Trinajstić information content (AvgIpc) is 2.38. The second kappa shape index (κ2) is 5.74. The number of nitrogens with two attached hydrogens (primary N) is 1. The normalized spacial score (nSPS) is 23.9. The Morgan fingerprint density at radius 1 is 1.53 bits per heavy atom. The fraction of sp³-hybridized carbons (Fsp3) is 0.714. The van der Waals surface area contributed by atoms with E-state index in [0.29, 0.717) is 18.5 Å². The first kappa shape index (κ1) is 14.1. The molecule has 19 heavy (non-hydrogen) atoms. The minimum atomic E-state index is -0.0734. The van der Waals surface area contributed by atoms with Crippen LogP contribution in [0.3, 0.4) is 0 Å². The van der Waals surface area contributed by atoms with E-state index in [2.05, 4.69) is 21.8 Å². The highest BCUT2D eigenvalue weighted by Gasteiger charge is 2.26. The van der Waals surface area contributed by atoms with Crippen LogP contribution in [0.5, 0.6) is 0 Å². The van der Waals surface area contributed by atoms with E-state index in [4.69, 9.17) is 5.73 Å². The van der Waals surface area contributed by atoms with Crippen LogP contribution in [0.1, 0.15) is 45.4 Å². The Labute approximate surface area is 114 Å². The molecule has 2 atom stereocenters. The highest BCUT2D eigenvalue weighted by molar-refractivity contribution is 5.39. The van der Waals surface area contributed by atoms with Gasteiger partial charge in [0.25, 0.3) is 5.56 Å². The van der Waals surface area contributed by atoms with Crippen molar-refractivity contribution in [2.24, 2.45) is 11.7 Å². The van der Waals surface area contributed by atoms with Crippen molar-refractivity contribution in [3.8, 4) is 0 Å². The van der Waals surface area contributed by atoms with Crippen molar-refractivity contribution < 1.29 is 0 Å². The molecule has 106 valence electrons. The topological polar surface area (TPSA) is 75.0 Å². The minimum Gasteiger partial charge on any atom is -0.353 e. The molecule has 0 bridgehead atoms. The lowest BCUT2D eigenvalue weighted by Gasteiger charge is -2.38. The van der Waals surface area contributed by atoms with Crippen molar-refractivity contribution in [1.29, 1.82) is 0 Å². The van der Waals surface area contributed by atoms with Gasteiger partial charge in [0.1, 0.15) is 11.6 Å². The van der Waals surface area contributed by atoms with E-state index in [0.717, 1.165) is 31.0 Å². The van der Waals surface area contributed by atoms with Crippen LogP contribution in [0.25, 0.3) is 0 Å². The van der Waals surface area contributed by atoms with Gasteiger partial charge in [0, 0.05) is 24.6 Å². The van der Waals surface area contributed by atoms with Crippen molar-refractivity contribution in [2.75, 3.05) is 18.0 Å². The van der Waals surface area contributed by atoms with Gasteiger partial charge >= 0.3 is 0 Å². The van der Waals surface area contributed by atoms with E-state index in [9.17, 15) is 4.79 Å². The summed E-state index contributed by atoms with van der Waals surface area (Å²) in [5.74, 6) is 2.26. The Bertz CT molecular complexity index is 483. The predicted molar refractivity (Wildman–Crippen MR) is 77.5 cm³/mol. The molecule has 1 fully saturated rings. The highest BCUT2D eigenvalue weighted by Crippen LogP contribution is 2.25. The smallest absolute Gasteiger partial charge is 0.252 e. The van der Waals surface area contributed by atoms with Gasteiger partial charge in [0.15, 0.2) is 0 Å². The largest absolute Gasteiger partial charge is 0.353 e. The molecule has 1 saturated heterocycles. The molecule has 1 aliphatic rings. The van der Waals surface area contributed by atoms with Crippen molar-refractivity contribution in [1.82, 2.24) is 9.97 Å². The van der Waals surface area contributed by atoms with E-state index in [1.165, 1.54) is 0 Å². The maximum absolute atomic E-state index is 11.8. The predicted octanol–water partition coefficient (Wildman–Crippen LogP) is 1.46. The fourth-order valence-electron chi connectivity index (χ4n) is 2.58. The quantitative estimate of drug-likeness (QED) is 0.866. The van der Waals surface area contributed by atoms with Crippen LogP contribution in [0.15, 0.2) is 10.9 Å². The summed E-state index contributed by atoms with van der Waals surface area (Å²) in [7, 11) is 0. The molecule has 1 aliphatic heterocycles. The molecule has 0 aromatic carbocycles. The molecule has 2 unspecified atom stereocenters. The lowest BCUT2D eigenvalue weighted by molar-refractivity contribution is 0.371. The van der Waals surface area contributed by atoms with Crippen molar-refractivity contribution in [2.45, 2.75) is 45.6 Å². The van der Waals surface area contributed by atoms with Gasteiger partial charge in [-0.2, -0.15) is 0 Å². The molecule has 1 aromatic heterocycles. The first-order chi connectivity index (χ1) is 9.01. The zero-order chi connectivity index (χ0) is 14.0. The van der Waals surface area contributed by atoms with E-state index in [1.807, 2.05) is 13.8 Å². The Morgan fingerprint density at radius 2 is 2.26 bits per heavy atom. The van der Waals surface area contributed by atoms with Gasteiger partial charge in [0.05, 0.1) is 0 Å². The van der Waals surface area contributed by atoms with Gasteiger partial charge in [-0.15, -0.1) is 0 Å². The maximum atomic E-state index is 11.8. The summed E-state index contributed by atoms with van der Waals surface area (Å²) in [5, 5.41) is 0. The summed E-state index contributed by atoms with van der Waals surface area (Å²) >= 11 is 0. The van der Waals surface area contributed by atoms with E-state index >= 15 is 0 Å². The Kier molecular flexibility index (Phi) is 4.24. The summed E-state index contributed by atoms with van der Waals surface area (Å²) in [6.45, 7) is 7.84. The summed E-state index contributed by atoms with van der Waals surface area (Å²) in [6, 6.07) is 2.01. The van der Waals surface area contributed by atoms with Gasteiger partial charge in [-0.25, -0.2) is 4.98 Å². The van der Waals surface area contributed by atoms with Gasteiger partial charge < -0.3 is 15.6 Å². The lowest BCUT2D eigenvalue weighted by atomic mass is 9.93. The summed E-state index contributed by atoms with van der Waals surface area (Å²) in [4.78, 5) is 21.4. The van der Waals surface area contributed by atoms with Crippen LogP contribution < -0.4 is 16.2 Å². The summed E-state index contributed by atoms with van der Waals surface area (Å²) in [5.41, 5.74) is 5.71. The molecular formula is C14H24N4O. The zero-order valence-electron chi connectivity index (χ0n) is 12.0.